The summed E-state index contributed by atoms with van der Waals surface area (Å²) in [6, 6.07) is 89.7. The van der Waals surface area contributed by atoms with Crippen molar-refractivity contribution >= 4 is 74.6 Å². The van der Waals surface area contributed by atoms with Crippen molar-refractivity contribution in [3.05, 3.63) is 249 Å². The van der Waals surface area contributed by atoms with Crippen molar-refractivity contribution in [1.29, 1.82) is 0 Å². The van der Waals surface area contributed by atoms with Crippen LogP contribution in [-0.4, -0.2) is 15.0 Å². The van der Waals surface area contributed by atoms with Gasteiger partial charge in [0, 0.05) is 36.9 Å². The maximum atomic E-state index is 5.08. The second kappa shape index (κ2) is 16.8. The quantitative estimate of drug-likeness (QED) is 0.150. The second-order valence-corrected chi connectivity index (χ2v) is 19.4. The average Bonchev–Trinajstić information content (AvgIpc) is 3.82. The largest absolute Gasteiger partial charge is 0.208 e. The van der Waals surface area contributed by atoms with E-state index in [4.69, 9.17) is 15.0 Å². The SMILES string of the molecule is c1ccc(-c2nc(-c3ccccc3)nc(-c3ccc(-c4ccc5c(c4)sc4ccc(-c6cccc(-c7cccc(-c8ccc9c%10ccccc%10c%10ccccc%10c9c8)c7)c6)cc45)c4ccccc34)n2)cc1. The number of hydrogen-bond acceptors (Lipinski definition) is 4. The Morgan fingerprint density at radius 1 is 0.197 bits per heavy atom. The van der Waals surface area contributed by atoms with Gasteiger partial charge in [-0.3, -0.25) is 0 Å². The van der Waals surface area contributed by atoms with Crippen molar-refractivity contribution in [2.75, 3.05) is 0 Å². The Bertz CT molecular complexity index is 4310. The van der Waals surface area contributed by atoms with E-state index in [0.717, 1.165) is 27.5 Å². The van der Waals surface area contributed by atoms with E-state index in [2.05, 4.69) is 188 Å². The topological polar surface area (TPSA) is 38.7 Å². The zero-order valence-corrected chi connectivity index (χ0v) is 39.2. The lowest BCUT2D eigenvalue weighted by Crippen LogP contribution is -2.00. The van der Waals surface area contributed by atoms with E-state index < -0.39 is 0 Å². The molecule has 4 heteroatoms. The van der Waals surface area contributed by atoms with Gasteiger partial charge in [-0.05, 0) is 130 Å². The molecule has 0 saturated carbocycles. The summed E-state index contributed by atoms with van der Waals surface area (Å²) in [6.45, 7) is 0. The summed E-state index contributed by atoms with van der Waals surface area (Å²) in [5.74, 6) is 1.96. The molecule has 2 aromatic heterocycles. The number of fused-ring (bicyclic) bond motifs is 10. The third-order valence-corrected chi connectivity index (χ3v) is 15.2. The number of benzene rings is 12. The number of rotatable bonds is 7. The summed E-state index contributed by atoms with van der Waals surface area (Å²) in [5.41, 5.74) is 12.5. The Balaban J connectivity index is 0.796. The molecule has 0 spiro atoms. The van der Waals surface area contributed by atoms with Crippen LogP contribution in [0.15, 0.2) is 249 Å². The highest BCUT2D eigenvalue weighted by Crippen LogP contribution is 2.43. The number of nitrogens with zero attached hydrogens (tertiary/aromatic N) is 3. The smallest absolute Gasteiger partial charge is 0.164 e. The molecule has 12 aromatic carbocycles. The fourth-order valence-electron chi connectivity index (χ4n) is 10.6. The summed E-state index contributed by atoms with van der Waals surface area (Å²) in [5, 5.41) is 12.5. The molecule has 0 N–H and O–H groups in total. The third-order valence-electron chi connectivity index (χ3n) is 14.1. The van der Waals surface area contributed by atoms with Crippen LogP contribution < -0.4 is 0 Å². The Hall–Kier alpha value is -9.09. The predicted octanol–water partition coefficient (Wildman–Crippen LogP) is 18.5. The Morgan fingerprint density at radius 3 is 1.17 bits per heavy atom. The van der Waals surface area contributed by atoms with Crippen molar-refractivity contribution in [2.24, 2.45) is 0 Å². The zero-order chi connectivity index (χ0) is 46.8. The van der Waals surface area contributed by atoms with Crippen LogP contribution in [0.1, 0.15) is 0 Å². The first-order valence-corrected chi connectivity index (χ1v) is 24.9. The molecule has 0 aliphatic carbocycles. The maximum absolute atomic E-state index is 5.08. The van der Waals surface area contributed by atoms with E-state index in [1.165, 1.54) is 97.0 Å². The molecule has 0 amide bonds. The molecule has 0 saturated heterocycles. The molecule has 14 aromatic rings. The lowest BCUT2D eigenvalue weighted by atomic mass is 9.91. The molecule has 0 aliphatic heterocycles. The van der Waals surface area contributed by atoms with Crippen LogP contribution in [0.4, 0.5) is 0 Å². The molecule has 0 fully saturated rings. The normalized spacial score (nSPS) is 11.7. The third kappa shape index (κ3) is 7.15. The molecule has 0 unspecified atom stereocenters. The lowest BCUT2D eigenvalue weighted by molar-refractivity contribution is 1.08. The number of thiophene rings is 1. The van der Waals surface area contributed by atoms with Crippen molar-refractivity contribution in [3.63, 3.8) is 0 Å². The number of hydrogen-bond donors (Lipinski definition) is 0. The van der Waals surface area contributed by atoms with Crippen molar-refractivity contribution < 1.29 is 0 Å². The van der Waals surface area contributed by atoms with Gasteiger partial charge in [-0.2, -0.15) is 0 Å². The van der Waals surface area contributed by atoms with E-state index >= 15 is 0 Å². The van der Waals surface area contributed by atoms with Gasteiger partial charge < -0.3 is 0 Å². The van der Waals surface area contributed by atoms with E-state index in [0.29, 0.717) is 17.5 Å². The Morgan fingerprint density at radius 2 is 0.592 bits per heavy atom. The summed E-state index contributed by atoms with van der Waals surface area (Å²) < 4.78 is 2.54. The molecule has 0 aliphatic rings. The fourth-order valence-corrected chi connectivity index (χ4v) is 11.8. The summed E-state index contributed by atoms with van der Waals surface area (Å²) in [6.07, 6.45) is 0. The minimum atomic E-state index is 0.652. The Labute approximate surface area is 414 Å². The molecule has 2 heterocycles. The molecule has 3 nitrogen and oxygen atoms in total. The molecule has 330 valence electrons. The molecule has 14 rings (SSSR count). The van der Waals surface area contributed by atoms with Crippen LogP contribution in [-0.2, 0) is 0 Å². The number of aromatic nitrogens is 3. The van der Waals surface area contributed by atoms with Crippen LogP contribution in [0.5, 0.6) is 0 Å². The van der Waals surface area contributed by atoms with Crippen molar-refractivity contribution in [2.45, 2.75) is 0 Å². The van der Waals surface area contributed by atoms with Crippen LogP contribution in [0.3, 0.4) is 0 Å². The Kier molecular flexibility index (Phi) is 9.71. The van der Waals surface area contributed by atoms with Gasteiger partial charge in [0.1, 0.15) is 0 Å². The van der Waals surface area contributed by atoms with Crippen LogP contribution in [0.2, 0.25) is 0 Å². The van der Waals surface area contributed by atoms with Gasteiger partial charge in [0.05, 0.1) is 0 Å². The van der Waals surface area contributed by atoms with Gasteiger partial charge in [-0.25, -0.2) is 15.0 Å². The standard InChI is InChI=1S/C67H41N3S/c1-3-15-42(16-4-1)65-68-66(43-17-5-2-6-18-43)70-67(69-65)60-35-34-51(52-23-7-11-27-56(52)60)50-30-33-59-62-40-49(31-36-63(62)71-64(59)41-50)47-22-14-20-45(38-47)44-19-13-21-46(37-44)48-29-32-58-55-26-9-8-24-53(55)54-25-10-12-28-57(54)61(58)39-48/h1-41H. The minimum absolute atomic E-state index is 0.652. The fraction of sp³-hybridized carbons (Fsp3) is 0. The van der Waals surface area contributed by atoms with E-state index in [-0.39, 0.29) is 0 Å². The van der Waals surface area contributed by atoms with Gasteiger partial charge in [-0.15, -0.1) is 11.3 Å². The summed E-state index contributed by atoms with van der Waals surface area (Å²) in [7, 11) is 0. The molecule has 71 heavy (non-hydrogen) atoms. The minimum Gasteiger partial charge on any atom is -0.208 e. The highest BCUT2D eigenvalue weighted by molar-refractivity contribution is 7.25. The molecular weight excluding hydrogens is 879 g/mol. The van der Waals surface area contributed by atoms with Crippen molar-refractivity contribution in [1.82, 2.24) is 15.0 Å². The summed E-state index contributed by atoms with van der Waals surface area (Å²) >= 11 is 1.85. The van der Waals surface area contributed by atoms with Crippen LogP contribution in [0.25, 0.3) is 142 Å². The average molecular weight is 920 g/mol. The highest BCUT2D eigenvalue weighted by atomic mass is 32.1. The molecule has 0 bridgehead atoms. The first-order valence-electron chi connectivity index (χ1n) is 24.1. The van der Waals surface area contributed by atoms with Gasteiger partial charge >= 0.3 is 0 Å². The van der Waals surface area contributed by atoms with E-state index in [1.54, 1.807) is 0 Å². The van der Waals surface area contributed by atoms with Gasteiger partial charge in [0.15, 0.2) is 17.5 Å². The lowest BCUT2D eigenvalue weighted by Gasteiger charge is -2.13. The van der Waals surface area contributed by atoms with Gasteiger partial charge in [-0.1, -0.05) is 206 Å². The molecule has 0 atom stereocenters. The van der Waals surface area contributed by atoms with E-state index in [9.17, 15) is 0 Å². The highest BCUT2D eigenvalue weighted by Gasteiger charge is 2.18. The summed E-state index contributed by atoms with van der Waals surface area (Å²) in [4.78, 5) is 15.1. The first-order chi connectivity index (χ1) is 35.2. The maximum Gasteiger partial charge on any atom is 0.164 e. The van der Waals surface area contributed by atoms with Crippen molar-refractivity contribution in [3.8, 4) is 78.7 Å². The zero-order valence-electron chi connectivity index (χ0n) is 38.4. The van der Waals surface area contributed by atoms with Crippen LogP contribution >= 0.6 is 11.3 Å². The molecular formula is C67H41N3S. The van der Waals surface area contributed by atoms with Crippen LogP contribution in [0, 0.1) is 0 Å². The first kappa shape index (κ1) is 40.9. The monoisotopic (exact) mass is 919 g/mol. The van der Waals surface area contributed by atoms with Gasteiger partial charge in [0.2, 0.25) is 0 Å². The molecule has 0 radical (unpaired) electrons. The predicted molar refractivity (Wildman–Crippen MR) is 301 cm³/mol. The van der Waals surface area contributed by atoms with E-state index in [1.807, 2.05) is 72.0 Å². The van der Waals surface area contributed by atoms with Gasteiger partial charge in [0.25, 0.3) is 0 Å². The second-order valence-electron chi connectivity index (χ2n) is 18.3.